The summed E-state index contributed by atoms with van der Waals surface area (Å²) in [5, 5.41) is 2.83. The smallest absolute Gasteiger partial charge is 0.222 e. The van der Waals surface area contributed by atoms with Gasteiger partial charge in [0.15, 0.2) is 9.84 Å². The molecule has 0 radical (unpaired) electrons. The van der Waals surface area contributed by atoms with Crippen molar-refractivity contribution >= 4 is 21.7 Å². The summed E-state index contributed by atoms with van der Waals surface area (Å²) in [6, 6.07) is 13.0. The van der Waals surface area contributed by atoms with Crippen molar-refractivity contribution < 1.29 is 18.0 Å². The molecular formula is C24H28N2O4S. The highest BCUT2D eigenvalue weighted by Crippen LogP contribution is 2.25. The molecule has 0 atom stereocenters. The maximum Gasteiger partial charge on any atom is 0.222 e. The van der Waals surface area contributed by atoms with Crippen LogP contribution in [-0.4, -0.2) is 37.4 Å². The minimum atomic E-state index is -3.49. The van der Waals surface area contributed by atoms with E-state index in [-0.39, 0.29) is 24.0 Å². The Hall–Kier alpha value is -2.67. The quantitative estimate of drug-likeness (QED) is 0.684. The summed E-state index contributed by atoms with van der Waals surface area (Å²) in [7, 11) is -3.49. The summed E-state index contributed by atoms with van der Waals surface area (Å²) in [4.78, 5) is 26.4. The van der Waals surface area contributed by atoms with Crippen LogP contribution in [0.1, 0.15) is 47.9 Å². The lowest BCUT2D eigenvalue weighted by atomic mass is 10.1. The fraction of sp³-hybridized carbons (Fsp3) is 0.417. The molecular weight excluding hydrogens is 412 g/mol. The van der Waals surface area contributed by atoms with Gasteiger partial charge in [-0.15, -0.1) is 0 Å². The SMILES string of the molecule is O=C(CCS(=O)(=O)c1ccc2c(c1)CCC2)NCc1ccccc1CN1CCCC1=O. The van der Waals surface area contributed by atoms with Crippen LogP contribution >= 0.6 is 0 Å². The third-order valence-corrected chi connectivity index (χ3v) is 7.87. The summed E-state index contributed by atoms with van der Waals surface area (Å²) < 4.78 is 25.3. The van der Waals surface area contributed by atoms with E-state index >= 15 is 0 Å². The average Bonchev–Trinajstić information content (AvgIpc) is 3.40. The van der Waals surface area contributed by atoms with Crippen LogP contribution in [0.2, 0.25) is 0 Å². The van der Waals surface area contributed by atoms with Crippen molar-refractivity contribution in [3.8, 4) is 0 Å². The lowest BCUT2D eigenvalue weighted by Gasteiger charge is -2.18. The van der Waals surface area contributed by atoms with E-state index in [0.717, 1.165) is 48.9 Å². The Labute approximate surface area is 183 Å². The van der Waals surface area contributed by atoms with Gasteiger partial charge in [-0.3, -0.25) is 9.59 Å². The molecule has 2 amide bonds. The minimum Gasteiger partial charge on any atom is -0.352 e. The zero-order chi connectivity index (χ0) is 21.8. The Morgan fingerprint density at radius 2 is 1.74 bits per heavy atom. The third-order valence-electron chi connectivity index (χ3n) is 6.15. The van der Waals surface area contributed by atoms with E-state index in [0.29, 0.717) is 24.4 Å². The maximum absolute atomic E-state index is 12.7. The van der Waals surface area contributed by atoms with Crippen LogP contribution in [0.15, 0.2) is 47.4 Å². The van der Waals surface area contributed by atoms with E-state index in [2.05, 4.69) is 5.32 Å². The van der Waals surface area contributed by atoms with Crippen molar-refractivity contribution in [3.05, 3.63) is 64.7 Å². The number of aryl methyl sites for hydroxylation is 2. The summed E-state index contributed by atoms with van der Waals surface area (Å²) in [6.07, 6.45) is 4.39. The van der Waals surface area contributed by atoms with Gasteiger partial charge >= 0.3 is 0 Å². The van der Waals surface area contributed by atoms with Crippen molar-refractivity contribution in [3.63, 3.8) is 0 Å². The van der Waals surface area contributed by atoms with E-state index in [1.165, 1.54) is 5.56 Å². The van der Waals surface area contributed by atoms with Gasteiger partial charge in [-0.25, -0.2) is 8.42 Å². The van der Waals surface area contributed by atoms with Gasteiger partial charge in [-0.2, -0.15) is 0 Å². The maximum atomic E-state index is 12.7. The molecule has 0 aromatic heterocycles. The van der Waals surface area contributed by atoms with Gasteiger partial charge in [0.05, 0.1) is 10.6 Å². The van der Waals surface area contributed by atoms with Crippen molar-refractivity contribution in [1.29, 1.82) is 0 Å². The van der Waals surface area contributed by atoms with Crippen LogP contribution in [0.4, 0.5) is 0 Å². The number of hydrogen-bond donors (Lipinski definition) is 1. The van der Waals surface area contributed by atoms with Crippen LogP contribution < -0.4 is 5.32 Å². The van der Waals surface area contributed by atoms with Gasteiger partial charge in [0.1, 0.15) is 0 Å². The Morgan fingerprint density at radius 3 is 2.52 bits per heavy atom. The second kappa shape index (κ2) is 9.22. The van der Waals surface area contributed by atoms with Crippen LogP contribution in [0.5, 0.6) is 0 Å². The van der Waals surface area contributed by atoms with Crippen LogP contribution in [-0.2, 0) is 45.4 Å². The molecule has 1 saturated heterocycles. The number of hydrogen-bond acceptors (Lipinski definition) is 4. The van der Waals surface area contributed by atoms with Gasteiger partial charge in [0.2, 0.25) is 11.8 Å². The first-order valence-electron chi connectivity index (χ1n) is 10.9. The van der Waals surface area contributed by atoms with Crippen LogP contribution in [0.25, 0.3) is 0 Å². The first kappa shape index (κ1) is 21.6. The number of nitrogens with zero attached hydrogens (tertiary/aromatic N) is 1. The zero-order valence-corrected chi connectivity index (χ0v) is 18.4. The molecule has 2 aromatic carbocycles. The molecule has 1 aliphatic heterocycles. The fourth-order valence-corrected chi connectivity index (χ4v) is 5.62. The molecule has 0 bridgehead atoms. The molecule has 7 heteroatoms. The highest BCUT2D eigenvalue weighted by molar-refractivity contribution is 7.91. The number of amides is 2. The Balaban J connectivity index is 1.32. The van der Waals surface area contributed by atoms with Gasteiger partial charge in [-0.05, 0) is 60.1 Å². The highest BCUT2D eigenvalue weighted by Gasteiger charge is 2.22. The molecule has 2 aliphatic rings. The molecule has 0 unspecified atom stereocenters. The molecule has 0 spiro atoms. The predicted octanol–water partition coefficient (Wildman–Crippen LogP) is 2.78. The zero-order valence-electron chi connectivity index (χ0n) is 17.6. The van der Waals surface area contributed by atoms with E-state index in [1.807, 2.05) is 35.2 Å². The van der Waals surface area contributed by atoms with Crippen LogP contribution in [0.3, 0.4) is 0 Å². The van der Waals surface area contributed by atoms with Gasteiger partial charge in [-0.1, -0.05) is 30.3 Å². The topological polar surface area (TPSA) is 83.6 Å². The molecule has 1 aliphatic carbocycles. The third kappa shape index (κ3) is 5.15. The number of fused-ring (bicyclic) bond motifs is 1. The summed E-state index contributed by atoms with van der Waals surface area (Å²) in [5.74, 6) is -0.339. The lowest BCUT2D eigenvalue weighted by molar-refractivity contribution is -0.128. The summed E-state index contributed by atoms with van der Waals surface area (Å²) in [5.41, 5.74) is 4.28. The van der Waals surface area contributed by atoms with E-state index < -0.39 is 9.84 Å². The predicted molar refractivity (Wildman–Crippen MR) is 118 cm³/mol. The molecule has 164 valence electrons. The monoisotopic (exact) mass is 440 g/mol. The molecule has 2 aromatic rings. The Kier molecular flexibility index (Phi) is 6.41. The first-order chi connectivity index (χ1) is 14.9. The molecule has 1 heterocycles. The van der Waals surface area contributed by atoms with Crippen molar-refractivity contribution in [2.45, 2.75) is 56.5 Å². The van der Waals surface area contributed by atoms with Crippen LogP contribution in [0, 0.1) is 0 Å². The number of carbonyl (C=O) groups is 2. The van der Waals surface area contributed by atoms with Gasteiger partial charge < -0.3 is 10.2 Å². The Bertz CT molecular complexity index is 1090. The molecule has 4 rings (SSSR count). The molecule has 1 N–H and O–H groups in total. The lowest BCUT2D eigenvalue weighted by Crippen LogP contribution is -2.27. The normalized spacial score (nSPS) is 15.9. The molecule has 31 heavy (non-hydrogen) atoms. The molecule has 0 saturated carbocycles. The highest BCUT2D eigenvalue weighted by atomic mass is 32.2. The average molecular weight is 441 g/mol. The fourth-order valence-electron chi connectivity index (χ4n) is 4.33. The molecule has 6 nitrogen and oxygen atoms in total. The van der Waals surface area contributed by atoms with Gasteiger partial charge in [0.25, 0.3) is 0 Å². The number of nitrogens with one attached hydrogen (secondary N) is 1. The standard InChI is InChI=1S/C24H28N2O4S/c27-23(12-14-31(29,30)22-11-10-18-7-3-8-19(18)15-22)25-16-20-5-1-2-6-21(20)17-26-13-4-9-24(26)28/h1-2,5-6,10-11,15H,3-4,7-9,12-14,16-17H2,(H,25,27). The second-order valence-corrected chi connectivity index (χ2v) is 10.4. The van der Waals surface area contributed by atoms with Crippen molar-refractivity contribution in [2.75, 3.05) is 12.3 Å². The number of rotatable bonds is 8. The largest absolute Gasteiger partial charge is 0.352 e. The first-order valence-corrected chi connectivity index (χ1v) is 12.5. The number of carbonyl (C=O) groups excluding carboxylic acids is 2. The van der Waals surface area contributed by atoms with Crippen molar-refractivity contribution in [1.82, 2.24) is 10.2 Å². The summed E-state index contributed by atoms with van der Waals surface area (Å²) in [6.45, 7) is 1.62. The number of likely N-dealkylation sites (tertiary alicyclic amines) is 1. The second-order valence-electron chi connectivity index (χ2n) is 8.32. The Morgan fingerprint density at radius 1 is 0.968 bits per heavy atom. The minimum absolute atomic E-state index is 0.0772. The van der Waals surface area contributed by atoms with Gasteiger partial charge in [0, 0.05) is 32.5 Å². The van der Waals surface area contributed by atoms with Crippen molar-refractivity contribution in [2.24, 2.45) is 0 Å². The van der Waals surface area contributed by atoms with E-state index in [9.17, 15) is 18.0 Å². The number of benzene rings is 2. The van der Waals surface area contributed by atoms with E-state index in [1.54, 1.807) is 12.1 Å². The summed E-state index contributed by atoms with van der Waals surface area (Å²) >= 11 is 0. The molecule has 1 fully saturated rings. The number of sulfone groups is 1. The van der Waals surface area contributed by atoms with E-state index in [4.69, 9.17) is 0 Å².